The highest BCUT2D eigenvalue weighted by Gasteiger charge is 2.27. The van der Waals surface area contributed by atoms with Gasteiger partial charge in [-0.2, -0.15) is 0 Å². The Bertz CT molecular complexity index is 786. The molecule has 25 heavy (non-hydrogen) atoms. The van der Waals surface area contributed by atoms with E-state index in [-0.39, 0.29) is 11.8 Å². The molecule has 3 rings (SSSR count). The van der Waals surface area contributed by atoms with E-state index in [9.17, 15) is 9.59 Å². The summed E-state index contributed by atoms with van der Waals surface area (Å²) in [7, 11) is 1.55. The Labute approximate surface area is 151 Å². The minimum atomic E-state index is -0.102. The van der Waals surface area contributed by atoms with Gasteiger partial charge in [-0.25, -0.2) is 0 Å². The molecule has 1 saturated heterocycles. The zero-order valence-electron chi connectivity index (χ0n) is 13.9. The highest BCUT2D eigenvalue weighted by Crippen LogP contribution is 2.21. The third kappa shape index (κ3) is 3.61. The summed E-state index contributed by atoms with van der Waals surface area (Å²) >= 11 is 6.10. The maximum Gasteiger partial charge on any atom is 0.257 e. The van der Waals surface area contributed by atoms with Gasteiger partial charge in [0.15, 0.2) is 0 Å². The SMILES string of the molecule is COc1ccccc1C(=O)N1CCN(C(=O)c2ccccc2Cl)CC1. The number of methoxy groups -OCH3 is 1. The van der Waals surface area contributed by atoms with Crippen LogP contribution in [0, 0.1) is 0 Å². The summed E-state index contributed by atoms with van der Waals surface area (Å²) in [5.41, 5.74) is 1.03. The van der Waals surface area contributed by atoms with Crippen molar-refractivity contribution in [2.75, 3.05) is 33.3 Å². The van der Waals surface area contributed by atoms with E-state index in [1.165, 1.54) is 0 Å². The van der Waals surface area contributed by atoms with Crippen molar-refractivity contribution in [2.24, 2.45) is 0 Å². The van der Waals surface area contributed by atoms with Crippen LogP contribution >= 0.6 is 11.6 Å². The van der Waals surface area contributed by atoms with Gasteiger partial charge in [-0.05, 0) is 24.3 Å². The number of halogens is 1. The molecule has 2 aromatic rings. The number of amides is 2. The van der Waals surface area contributed by atoms with Gasteiger partial charge in [0.1, 0.15) is 5.75 Å². The number of nitrogens with zero attached hydrogens (tertiary/aromatic N) is 2. The predicted octanol–water partition coefficient (Wildman–Crippen LogP) is 2.95. The average molecular weight is 359 g/mol. The van der Waals surface area contributed by atoms with Crippen LogP contribution in [0.4, 0.5) is 0 Å². The van der Waals surface area contributed by atoms with Crippen molar-refractivity contribution in [3.8, 4) is 5.75 Å². The molecule has 6 heteroatoms. The van der Waals surface area contributed by atoms with Crippen molar-refractivity contribution in [1.29, 1.82) is 0 Å². The number of carbonyl (C=O) groups excluding carboxylic acids is 2. The van der Waals surface area contributed by atoms with Crippen molar-refractivity contribution in [3.63, 3.8) is 0 Å². The molecule has 0 aliphatic carbocycles. The van der Waals surface area contributed by atoms with E-state index in [1.807, 2.05) is 12.1 Å². The van der Waals surface area contributed by atoms with Crippen LogP contribution in [0.25, 0.3) is 0 Å². The summed E-state index contributed by atoms with van der Waals surface area (Å²) in [4.78, 5) is 28.8. The van der Waals surface area contributed by atoms with E-state index < -0.39 is 0 Å². The van der Waals surface area contributed by atoms with Gasteiger partial charge < -0.3 is 14.5 Å². The maximum atomic E-state index is 12.7. The van der Waals surface area contributed by atoms with Gasteiger partial charge in [-0.3, -0.25) is 9.59 Å². The first-order valence-electron chi connectivity index (χ1n) is 8.08. The summed E-state index contributed by atoms with van der Waals surface area (Å²) in [6, 6.07) is 14.2. The van der Waals surface area contributed by atoms with Crippen LogP contribution in [0.1, 0.15) is 20.7 Å². The van der Waals surface area contributed by atoms with Gasteiger partial charge in [0.05, 0.1) is 23.3 Å². The predicted molar refractivity (Wildman–Crippen MR) is 96.3 cm³/mol. The molecule has 1 aliphatic heterocycles. The molecule has 0 radical (unpaired) electrons. The Morgan fingerprint density at radius 3 is 1.88 bits per heavy atom. The minimum Gasteiger partial charge on any atom is -0.496 e. The van der Waals surface area contributed by atoms with Gasteiger partial charge in [0.2, 0.25) is 0 Å². The fourth-order valence-corrected chi connectivity index (χ4v) is 3.13. The van der Waals surface area contributed by atoms with Gasteiger partial charge in [-0.1, -0.05) is 35.9 Å². The van der Waals surface area contributed by atoms with Crippen LogP contribution in [0.5, 0.6) is 5.75 Å². The number of para-hydroxylation sites is 1. The van der Waals surface area contributed by atoms with Crippen LogP contribution in [0.2, 0.25) is 5.02 Å². The summed E-state index contributed by atoms with van der Waals surface area (Å²) in [5, 5.41) is 0.444. The van der Waals surface area contributed by atoms with E-state index in [0.29, 0.717) is 48.1 Å². The van der Waals surface area contributed by atoms with E-state index in [1.54, 1.807) is 53.3 Å². The molecule has 0 spiro atoms. The van der Waals surface area contributed by atoms with E-state index >= 15 is 0 Å². The minimum absolute atomic E-state index is 0.0812. The zero-order valence-corrected chi connectivity index (χ0v) is 14.7. The molecule has 2 amide bonds. The largest absolute Gasteiger partial charge is 0.496 e. The number of rotatable bonds is 3. The Hall–Kier alpha value is -2.53. The lowest BCUT2D eigenvalue weighted by atomic mass is 10.1. The molecule has 0 atom stereocenters. The molecule has 0 bridgehead atoms. The second-order valence-corrected chi connectivity index (χ2v) is 6.17. The van der Waals surface area contributed by atoms with Crippen molar-refractivity contribution < 1.29 is 14.3 Å². The molecular formula is C19H19ClN2O3. The first kappa shape index (κ1) is 17.3. The standard InChI is InChI=1S/C19H19ClN2O3/c1-25-17-9-5-3-7-15(17)19(24)22-12-10-21(11-13-22)18(23)14-6-2-4-8-16(14)20/h2-9H,10-13H2,1H3. The Kier molecular flexibility index (Phi) is 5.24. The highest BCUT2D eigenvalue weighted by atomic mass is 35.5. The summed E-state index contributed by atoms with van der Waals surface area (Å²) < 4.78 is 5.26. The number of hydrogen-bond acceptors (Lipinski definition) is 3. The smallest absolute Gasteiger partial charge is 0.257 e. The molecule has 1 fully saturated rings. The van der Waals surface area contributed by atoms with Crippen molar-refractivity contribution >= 4 is 23.4 Å². The van der Waals surface area contributed by atoms with Gasteiger partial charge in [0.25, 0.3) is 11.8 Å². The molecule has 130 valence electrons. The van der Waals surface area contributed by atoms with Gasteiger partial charge in [0, 0.05) is 26.2 Å². The molecule has 0 aromatic heterocycles. The lowest BCUT2D eigenvalue weighted by Gasteiger charge is -2.35. The molecule has 2 aromatic carbocycles. The molecule has 5 nitrogen and oxygen atoms in total. The maximum absolute atomic E-state index is 12.7. The normalized spacial score (nSPS) is 14.3. The number of ether oxygens (including phenoxy) is 1. The van der Waals surface area contributed by atoms with Crippen LogP contribution in [-0.2, 0) is 0 Å². The molecule has 0 saturated carbocycles. The Morgan fingerprint density at radius 2 is 1.32 bits per heavy atom. The fraction of sp³-hybridized carbons (Fsp3) is 0.263. The van der Waals surface area contributed by atoms with Crippen LogP contribution < -0.4 is 4.74 Å². The van der Waals surface area contributed by atoms with Crippen LogP contribution in [0.15, 0.2) is 48.5 Å². The monoisotopic (exact) mass is 358 g/mol. The number of piperazine rings is 1. The van der Waals surface area contributed by atoms with Crippen LogP contribution in [-0.4, -0.2) is 54.9 Å². The lowest BCUT2D eigenvalue weighted by molar-refractivity contribution is 0.0533. The fourth-order valence-electron chi connectivity index (χ4n) is 2.91. The number of benzene rings is 2. The van der Waals surface area contributed by atoms with Gasteiger partial charge >= 0.3 is 0 Å². The first-order chi connectivity index (χ1) is 12.1. The lowest BCUT2D eigenvalue weighted by Crippen LogP contribution is -2.50. The Balaban J connectivity index is 1.67. The third-order valence-electron chi connectivity index (χ3n) is 4.30. The van der Waals surface area contributed by atoms with Crippen molar-refractivity contribution in [1.82, 2.24) is 9.80 Å². The van der Waals surface area contributed by atoms with E-state index in [4.69, 9.17) is 16.3 Å². The van der Waals surface area contributed by atoms with Gasteiger partial charge in [-0.15, -0.1) is 0 Å². The summed E-state index contributed by atoms with van der Waals surface area (Å²) in [6.45, 7) is 1.91. The Morgan fingerprint density at radius 1 is 0.840 bits per heavy atom. The number of carbonyl (C=O) groups is 2. The highest BCUT2D eigenvalue weighted by molar-refractivity contribution is 6.33. The molecule has 1 aliphatic rings. The average Bonchev–Trinajstić information content (AvgIpc) is 2.67. The molecule has 0 unspecified atom stereocenters. The third-order valence-corrected chi connectivity index (χ3v) is 4.63. The quantitative estimate of drug-likeness (QED) is 0.847. The second kappa shape index (κ2) is 7.57. The molecular weight excluding hydrogens is 340 g/mol. The molecule has 1 heterocycles. The number of hydrogen-bond donors (Lipinski definition) is 0. The first-order valence-corrected chi connectivity index (χ1v) is 8.45. The second-order valence-electron chi connectivity index (χ2n) is 5.76. The zero-order chi connectivity index (χ0) is 17.8. The van der Waals surface area contributed by atoms with E-state index in [0.717, 1.165) is 0 Å². The van der Waals surface area contributed by atoms with Crippen molar-refractivity contribution in [3.05, 3.63) is 64.7 Å². The topological polar surface area (TPSA) is 49.9 Å². The van der Waals surface area contributed by atoms with Crippen LogP contribution in [0.3, 0.4) is 0 Å². The van der Waals surface area contributed by atoms with E-state index in [2.05, 4.69) is 0 Å². The molecule has 0 N–H and O–H groups in total. The summed E-state index contributed by atoms with van der Waals surface area (Å²) in [6.07, 6.45) is 0. The summed E-state index contributed by atoms with van der Waals surface area (Å²) in [5.74, 6) is 0.374. The van der Waals surface area contributed by atoms with Crippen molar-refractivity contribution in [2.45, 2.75) is 0 Å².